The maximum atomic E-state index is 12.0. The second-order valence-corrected chi connectivity index (χ2v) is 5.58. The number of nitrogens with one attached hydrogen (secondary N) is 1. The van der Waals surface area contributed by atoms with Crippen molar-refractivity contribution in [3.8, 4) is 12.3 Å². The van der Waals surface area contributed by atoms with Crippen LogP contribution in [0.25, 0.3) is 0 Å². The molecule has 1 aromatic heterocycles. The van der Waals surface area contributed by atoms with Gasteiger partial charge in [0.05, 0.1) is 12.7 Å². The van der Waals surface area contributed by atoms with Crippen molar-refractivity contribution in [1.82, 2.24) is 15.1 Å². The van der Waals surface area contributed by atoms with Crippen molar-refractivity contribution < 1.29 is 14.7 Å². The van der Waals surface area contributed by atoms with Crippen molar-refractivity contribution in [3.63, 3.8) is 0 Å². The molecular formula is C15H19N5O3. The number of aliphatic carboxylic acids is 1. The standard InChI is InChI=1S/C15H19N5O3/c1-3-4-6-15(18-19-15)7-5-13(21)17-12(14(22)23)10-20-9-11(2)8-16-20/h1,8-9,12H,4-7,10H2,2H3,(H,17,21)(H,22,23). The number of rotatable bonds is 9. The minimum atomic E-state index is -1.10. The van der Waals surface area contributed by atoms with Crippen molar-refractivity contribution in [2.45, 2.75) is 50.9 Å². The van der Waals surface area contributed by atoms with Gasteiger partial charge in [0.1, 0.15) is 6.04 Å². The molecule has 0 aliphatic carbocycles. The van der Waals surface area contributed by atoms with Crippen LogP contribution in [0.5, 0.6) is 0 Å². The zero-order valence-electron chi connectivity index (χ0n) is 12.9. The van der Waals surface area contributed by atoms with Crippen LogP contribution in [-0.4, -0.2) is 38.5 Å². The number of hydrogen-bond donors (Lipinski definition) is 2. The fourth-order valence-corrected chi connectivity index (χ4v) is 2.19. The number of amides is 1. The number of aromatic nitrogens is 2. The van der Waals surface area contributed by atoms with E-state index in [1.54, 1.807) is 12.4 Å². The Hall–Kier alpha value is -2.69. The smallest absolute Gasteiger partial charge is 0.328 e. The molecule has 0 saturated heterocycles. The van der Waals surface area contributed by atoms with Crippen LogP contribution >= 0.6 is 0 Å². The molecule has 2 heterocycles. The molecule has 2 rings (SSSR count). The van der Waals surface area contributed by atoms with Gasteiger partial charge in [-0.1, -0.05) is 0 Å². The summed E-state index contributed by atoms with van der Waals surface area (Å²) in [7, 11) is 0. The average molecular weight is 317 g/mol. The summed E-state index contributed by atoms with van der Waals surface area (Å²) in [6.45, 7) is 1.93. The van der Waals surface area contributed by atoms with Crippen molar-refractivity contribution >= 4 is 11.9 Å². The lowest BCUT2D eigenvalue weighted by atomic mass is 10.0. The van der Waals surface area contributed by atoms with Crippen LogP contribution in [-0.2, 0) is 16.1 Å². The third-order valence-corrected chi connectivity index (χ3v) is 3.57. The van der Waals surface area contributed by atoms with Crippen molar-refractivity contribution in [2.24, 2.45) is 10.2 Å². The van der Waals surface area contributed by atoms with E-state index in [9.17, 15) is 14.7 Å². The van der Waals surface area contributed by atoms with Gasteiger partial charge in [0.2, 0.25) is 5.91 Å². The number of carbonyl (C=O) groups is 2. The number of carbonyl (C=O) groups excluding carboxylic acids is 1. The van der Waals surface area contributed by atoms with Gasteiger partial charge in [0, 0.05) is 31.9 Å². The summed E-state index contributed by atoms with van der Waals surface area (Å²) in [6, 6.07) is -1.03. The molecule has 1 atom stereocenters. The number of terminal acetylenes is 1. The largest absolute Gasteiger partial charge is 0.480 e. The highest BCUT2D eigenvalue weighted by molar-refractivity contribution is 5.83. The fourth-order valence-electron chi connectivity index (χ4n) is 2.19. The monoisotopic (exact) mass is 317 g/mol. The first-order chi connectivity index (χ1) is 10.9. The van der Waals surface area contributed by atoms with Crippen LogP contribution in [0.1, 0.15) is 31.2 Å². The van der Waals surface area contributed by atoms with Crippen molar-refractivity contribution in [3.05, 3.63) is 18.0 Å². The average Bonchev–Trinajstić information content (AvgIpc) is 3.17. The molecule has 0 bridgehead atoms. The summed E-state index contributed by atoms with van der Waals surface area (Å²) in [5.41, 5.74) is 0.384. The highest BCUT2D eigenvalue weighted by atomic mass is 16.4. The Morgan fingerprint density at radius 3 is 2.74 bits per heavy atom. The molecule has 0 aromatic carbocycles. The molecule has 0 spiro atoms. The molecule has 1 aliphatic rings. The first-order valence-corrected chi connectivity index (χ1v) is 7.33. The first kappa shape index (κ1) is 16.7. The van der Waals surface area contributed by atoms with Crippen LogP contribution in [0, 0.1) is 19.3 Å². The summed E-state index contributed by atoms with van der Waals surface area (Å²) in [5, 5.41) is 23.7. The van der Waals surface area contributed by atoms with Crippen molar-refractivity contribution in [1.29, 1.82) is 0 Å². The lowest BCUT2D eigenvalue weighted by Crippen LogP contribution is -2.44. The van der Waals surface area contributed by atoms with E-state index < -0.39 is 17.7 Å². The zero-order chi connectivity index (χ0) is 16.9. The first-order valence-electron chi connectivity index (χ1n) is 7.33. The maximum Gasteiger partial charge on any atom is 0.328 e. The molecule has 0 fully saturated rings. The van der Waals surface area contributed by atoms with Crippen LogP contribution in [0.15, 0.2) is 22.6 Å². The molecule has 8 nitrogen and oxygen atoms in total. The van der Waals surface area contributed by atoms with Gasteiger partial charge in [0.15, 0.2) is 5.66 Å². The molecule has 1 unspecified atom stereocenters. The quantitative estimate of drug-likeness (QED) is 0.665. The fraction of sp³-hybridized carbons (Fsp3) is 0.533. The van der Waals surface area contributed by atoms with Gasteiger partial charge in [-0.3, -0.25) is 9.48 Å². The molecule has 0 saturated carbocycles. The van der Waals surface area contributed by atoms with Crippen molar-refractivity contribution in [2.75, 3.05) is 0 Å². The van der Waals surface area contributed by atoms with E-state index >= 15 is 0 Å². The number of carboxylic acid groups (broad SMARTS) is 1. The molecule has 23 heavy (non-hydrogen) atoms. The van der Waals surface area contributed by atoms with E-state index in [-0.39, 0.29) is 18.9 Å². The maximum absolute atomic E-state index is 12.0. The number of aryl methyl sites for hydroxylation is 1. The Morgan fingerprint density at radius 2 is 2.22 bits per heavy atom. The topological polar surface area (TPSA) is 109 Å². The number of carboxylic acids is 1. The van der Waals surface area contributed by atoms with Crippen LogP contribution in [0.3, 0.4) is 0 Å². The molecule has 0 radical (unpaired) electrons. The summed E-state index contributed by atoms with van der Waals surface area (Å²) >= 11 is 0. The van der Waals surface area contributed by atoms with E-state index in [0.29, 0.717) is 19.3 Å². The third kappa shape index (κ3) is 4.92. The highest BCUT2D eigenvalue weighted by Gasteiger charge is 2.39. The molecule has 1 amide bonds. The predicted molar refractivity (Wildman–Crippen MR) is 81.4 cm³/mol. The Bertz CT molecular complexity index is 652. The van der Waals surface area contributed by atoms with Gasteiger partial charge in [-0.15, -0.1) is 12.3 Å². The van der Waals surface area contributed by atoms with Crippen LogP contribution in [0.2, 0.25) is 0 Å². The van der Waals surface area contributed by atoms with Crippen LogP contribution < -0.4 is 5.32 Å². The van der Waals surface area contributed by atoms with Gasteiger partial charge in [-0.25, -0.2) is 4.79 Å². The minimum absolute atomic E-state index is 0.0753. The van der Waals surface area contributed by atoms with Gasteiger partial charge in [-0.2, -0.15) is 15.3 Å². The second kappa shape index (κ2) is 7.05. The number of nitrogens with zero attached hydrogens (tertiary/aromatic N) is 4. The lowest BCUT2D eigenvalue weighted by molar-refractivity contribution is -0.142. The van der Waals surface area contributed by atoms with E-state index in [4.69, 9.17) is 6.42 Å². The zero-order valence-corrected chi connectivity index (χ0v) is 12.9. The third-order valence-electron chi connectivity index (χ3n) is 3.57. The van der Waals surface area contributed by atoms with E-state index in [0.717, 1.165) is 5.56 Å². The van der Waals surface area contributed by atoms with E-state index in [1.165, 1.54) is 4.68 Å². The second-order valence-electron chi connectivity index (χ2n) is 5.58. The van der Waals surface area contributed by atoms with E-state index in [2.05, 4.69) is 26.6 Å². The predicted octanol–water partition coefficient (Wildman–Crippen LogP) is 1.12. The SMILES string of the molecule is C#CCCC1(CCC(=O)NC(Cn2cc(C)cn2)C(=O)O)N=N1. The Balaban J connectivity index is 1.81. The van der Waals surface area contributed by atoms with Gasteiger partial charge >= 0.3 is 5.97 Å². The summed E-state index contributed by atoms with van der Waals surface area (Å²) < 4.78 is 1.49. The summed E-state index contributed by atoms with van der Waals surface area (Å²) in [5.74, 6) is 1.07. The molecular weight excluding hydrogens is 298 g/mol. The van der Waals surface area contributed by atoms with Gasteiger partial charge < -0.3 is 10.4 Å². The Kier molecular flexibility index (Phi) is 5.11. The summed E-state index contributed by atoms with van der Waals surface area (Å²) in [6.07, 6.45) is 10.3. The van der Waals surface area contributed by atoms with Gasteiger partial charge in [-0.05, 0) is 12.5 Å². The molecule has 1 aromatic rings. The molecule has 1 aliphatic heterocycles. The Morgan fingerprint density at radius 1 is 1.48 bits per heavy atom. The molecule has 2 N–H and O–H groups in total. The van der Waals surface area contributed by atoms with Crippen LogP contribution in [0.4, 0.5) is 0 Å². The molecule has 122 valence electrons. The molecule has 8 heteroatoms. The minimum Gasteiger partial charge on any atom is -0.480 e. The summed E-state index contributed by atoms with van der Waals surface area (Å²) in [4.78, 5) is 23.3. The lowest BCUT2D eigenvalue weighted by Gasteiger charge is -2.15. The normalized spacial score (nSPS) is 15.7. The van der Waals surface area contributed by atoms with Gasteiger partial charge in [0.25, 0.3) is 0 Å². The van der Waals surface area contributed by atoms with E-state index in [1.807, 2.05) is 6.92 Å². The highest BCUT2D eigenvalue weighted by Crippen LogP contribution is 2.37. The number of hydrogen-bond acceptors (Lipinski definition) is 5. The Labute approximate surface area is 134 Å².